The van der Waals surface area contributed by atoms with Gasteiger partial charge in [0.05, 0.1) is 5.69 Å². The van der Waals surface area contributed by atoms with Crippen molar-refractivity contribution in [1.29, 1.82) is 0 Å². The van der Waals surface area contributed by atoms with Gasteiger partial charge in [0.15, 0.2) is 17.1 Å². The number of rotatable bonds is 8. The van der Waals surface area contributed by atoms with Crippen LogP contribution < -0.4 is 4.74 Å². The highest BCUT2D eigenvalue weighted by Crippen LogP contribution is 2.31. The fourth-order valence-corrected chi connectivity index (χ4v) is 5.44. The lowest BCUT2D eigenvalue weighted by Crippen LogP contribution is -2.12. The summed E-state index contributed by atoms with van der Waals surface area (Å²) in [6.45, 7) is 8.93. The van der Waals surface area contributed by atoms with Crippen LogP contribution in [0.25, 0.3) is 10.6 Å². The van der Waals surface area contributed by atoms with E-state index in [2.05, 4.69) is 58.3 Å². The Bertz CT molecular complexity index is 1220. The molecule has 0 aliphatic carbocycles. The molecular weight excluding hydrogens is 460 g/mol. The Balaban J connectivity index is 1.45. The van der Waals surface area contributed by atoms with E-state index in [1.165, 1.54) is 11.1 Å². The van der Waals surface area contributed by atoms with Gasteiger partial charge in [-0.05, 0) is 57.0 Å². The highest BCUT2D eigenvalue weighted by Gasteiger charge is 2.19. The first-order chi connectivity index (χ1) is 15.5. The second kappa shape index (κ2) is 10.1. The van der Waals surface area contributed by atoms with Crippen LogP contribution in [0.4, 0.5) is 0 Å². The largest absolute Gasteiger partial charge is 0.483 e. The minimum absolute atomic E-state index is 0.232. The van der Waals surface area contributed by atoms with Crippen molar-refractivity contribution < 1.29 is 4.74 Å². The predicted octanol–water partition coefficient (Wildman–Crippen LogP) is 7.12. The molecule has 0 bridgehead atoms. The van der Waals surface area contributed by atoms with Gasteiger partial charge in [-0.2, -0.15) is 0 Å². The summed E-state index contributed by atoms with van der Waals surface area (Å²) >= 11 is 9.45. The molecule has 0 fully saturated rings. The van der Waals surface area contributed by atoms with E-state index < -0.39 is 0 Å². The summed E-state index contributed by atoms with van der Waals surface area (Å²) in [6, 6.07) is 14.0. The standard InChI is InChI=1S/C24H25ClN4OS2/c1-5-29-22(17(4)30-19-10-11-21(25)16(3)12-19)27-28-24(29)32-14-18-13-31-23(26-18)20-9-7-6-8-15(20)2/h6-13,17H,5,14H2,1-4H3. The number of thiazole rings is 1. The molecule has 32 heavy (non-hydrogen) atoms. The topological polar surface area (TPSA) is 52.8 Å². The minimum atomic E-state index is -0.232. The Morgan fingerprint density at radius 1 is 1.12 bits per heavy atom. The van der Waals surface area contributed by atoms with Crippen LogP contribution in [-0.2, 0) is 12.3 Å². The molecule has 8 heteroatoms. The summed E-state index contributed by atoms with van der Waals surface area (Å²) in [5.74, 6) is 2.32. The molecule has 0 saturated heterocycles. The summed E-state index contributed by atoms with van der Waals surface area (Å²) in [6.07, 6.45) is -0.232. The Morgan fingerprint density at radius 2 is 1.94 bits per heavy atom. The van der Waals surface area contributed by atoms with Gasteiger partial charge >= 0.3 is 0 Å². The first kappa shape index (κ1) is 22.8. The number of hydrogen-bond acceptors (Lipinski definition) is 6. The molecule has 0 spiro atoms. The lowest BCUT2D eigenvalue weighted by molar-refractivity contribution is 0.210. The zero-order valence-electron chi connectivity index (χ0n) is 18.5. The van der Waals surface area contributed by atoms with Crippen LogP contribution in [0, 0.1) is 13.8 Å². The second-order valence-electron chi connectivity index (χ2n) is 7.50. The molecule has 0 aliphatic heterocycles. The zero-order valence-corrected chi connectivity index (χ0v) is 20.9. The van der Waals surface area contributed by atoms with E-state index in [4.69, 9.17) is 21.3 Å². The molecule has 0 N–H and O–H groups in total. The molecule has 0 aliphatic rings. The molecule has 2 aromatic heterocycles. The third-order valence-corrected chi connectivity index (χ3v) is 7.49. The Labute approximate surface area is 201 Å². The van der Waals surface area contributed by atoms with Crippen molar-refractivity contribution in [3.05, 3.63) is 75.5 Å². The van der Waals surface area contributed by atoms with E-state index in [-0.39, 0.29) is 6.10 Å². The van der Waals surface area contributed by atoms with Crippen LogP contribution in [0.2, 0.25) is 5.02 Å². The summed E-state index contributed by atoms with van der Waals surface area (Å²) in [5, 5.41) is 13.6. The Hall–Kier alpha value is -2.35. The van der Waals surface area contributed by atoms with Crippen LogP contribution >= 0.6 is 34.7 Å². The lowest BCUT2D eigenvalue weighted by Gasteiger charge is -2.16. The molecule has 4 rings (SSSR count). The van der Waals surface area contributed by atoms with Gasteiger partial charge in [0, 0.05) is 28.3 Å². The van der Waals surface area contributed by atoms with Crippen LogP contribution in [-0.4, -0.2) is 19.7 Å². The third kappa shape index (κ3) is 5.00. The van der Waals surface area contributed by atoms with E-state index in [1.54, 1.807) is 23.1 Å². The maximum absolute atomic E-state index is 6.13. The molecule has 0 amide bonds. The number of benzene rings is 2. The SMILES string of the molecule is CCn1c(SCc2csc(-c3ccccc3C)n2)nnc1C(C)Oc1ccc(Cl)c(C)c1. The molecular formula is C24H25ClN4OS2. The summed E-state index contributed by atoms with van der Waals surface area (Å²) in [7, 11) is 0. The molecule has 2 heterocycles. The number of ether oxygens (including phenoxy) is 1. The number of halogens is 1. The molecule has 2 aromatic carbocycles. The van der Waals surface area contributed by atoms with Crippen molar-refractivity contribution >= 4 is 34.7 Å². The molecule has 1 unspecified atom stereocenters. The average molecular weight is 485 g/mol. The normalized spacial score (nSPS) is 12.2. The van der Waals surface area contributed by atoms with E-state index in [1.807, 2.05) is 32.0 Å². The monoisotopic (exact) mass is 484 g/mol. The lowest BCUT2D eigenvalue weighted by atomic mass is 10.1. The Kier molecular flexibility index (Phi) is 7.18. The van der Waals surface area contributed by atoms with Gasteiger partial charge in [0.2, 0.25) is 0 Å². The average Bonchev–Trinajstić information content (AvgIpc) is 3.42. The van der Waals surface area contributed by atoms with Crippen molar-refractivity contribution in [2.24, 2.45) is 0 Å². The number of hydrogen-bond donors (Lipinski definition) is 0. The van der Waals surface area contributed by atoms with E-state index in [9.17, 15) is 0 Å². The summed E-state index contributed by atoms with van der Waals surface area (Å²) < 4.78 is 8.22. The van der Waals surface area contributed by atoms with Crippen molar-refractivity contribution in [2.75, 3.05) is 0 Å². The van der Waals surface area contributed by atoms with E-state index >= 15 is 0 Å². The van der Waals surface area contributed by atoms with Crippen LogP contribution in [0.5, 0.6) is 5.75 Å². The van der Waals surface area contributed by atoms with Crippen LogP contribution in [0.1, 0.15) is 42.6 Å². The number of nitrogens with zero attached hydrogens (tertiary/aromatic N) is 4. The van der Waals surface area contributed by atoms with E-state index in [0.717, 1.165) is 50.3 Å². The molecule has 5 nitrogen and oxygen atoms in total. The molecule has 1 atom stereocenters. The van der Waals surface area contributed by atoms with Crippen molar-refractivity contribution in [2.45, 2.75) is 51.3 Å². The number of aromatic nitrogens is 4. The maximum Gasteiger partial charge on any atom is 0.191 e. The van der Waals surface area contributed by atoms with Crippen molar-refractivity contribution in [1.82, 2.24) is 19.7 Å². The van der Waals surface area contributed by atoms with Gasteiger partial charge in [0.25, 0.3) is 0 Å². The smallest absolute Gasteiger partial charge is 0.191 e. The minimum Gasteiger partial charge on any atom is -0.483 e. The molecule has 0 radical (unpaired) electrons. The van der Waals surface area contributed by atoms with Gasteiger partial charge < -0.3 is 9.30 Å². The first-order valence-electron chi connectivity index (χ1n) is 10.5. The van der Waals surface area contributed by atoms with E-state index in [0.29, 0.717) is 0 Å². The quantitative estimate of drug-likeness (QED) is 0.249. The van der Waals surface area contributed by atoms with Gasteiger partial charge in [-0.1, -0.05) is 47.6 Å². The number of aryl methyl sites for hydroxylation is 2. The third-order valence-electron chi connectivity index (χ3n) is 5.14. The van der Waals surface area contributed by atoms with Crippen molar-refractivity contribution in [3.8, 4) is 16.3 Å². The highest BCUT2D eigenvalue weighted by molar-refractivity contribution is 7.98. The second-order valence-corrected chi connectivity index (χ2v) is 9.71. The van der Waals surface area contributed by atoms with Gasteiger partial charge in [0.1, 0.15) is 10.8 Å². The fourth-order valence-electron chi connectivity index (χ4n) is 3.40. The first-order valence-corrected chi connectivity index (χ1v) is 12.7. The number of thioether (sulfide) groups is 1. The van der Waals surface area contributed by atoms with Gasteiger partial charge in [-0.15, -0.1) is 21.5 Å². The highest BCUT2D eigenvalue weighted by atomic mass is 35.5. The Morgan fingerprint density at radius 3 is 2.69 bits per heavy atom. The van der Waals surface area contributed by atoms with Gasteiger partial charge in [-0.25, -0.2) is 4.98 Å². The van der Waals surface area contributed by atoms with Crippen molar-refractivity contribution in [3.63, 3.8) is 0 Å². The molecule has 0 saturated carbocycles. The maximum atomic E-state index is 6.13. The zero-order chi connectivity index (χ0) is 22.7. The predicted molar refractivity (Wildman–Crippen MR) is 133 cm³/mol. The summed E-state index contributed by atoms with van der Waals surface area (Å²) in [5.41, 5.74) is 4.46. The van der Waals surface area contributed by atoms with Crippen LogP contribution in [0.15, 0.2) is 53.0 Å². The molecule has 166 valence electrons. The molecule has 4 aromatic rings. The fraction of sp³-hybridized carbons (Fsp3) is 0.292. The van der Waals surface area contributed by atoms with Crippen LogP contribution in [0.3, 0.4) is 0 Å². The summed E-state index contributed by atoms with van der Waals surface area (Å²) in [4.78, 5) is 4.83. The van der Waals surface area contributed by atoms with Gasteiger partial charge in [-0.3, -0.25) is 0 Å².